The minimum absolute atomic E-state index is 0.193. The molecule has 4 heteroatoms. The molecule has 2 aromatic rings. The van der Waals surface area contributed by atoms with E-state index in [4.69, 9.17) is 10.2 Å². The van der Waals surface area contributed by atoms with E-state index in [0.29, 0.717) is 18.5 Å². The monoisotopic (exact) mass is 251 g/mol. The first-order valence-corrected chi connectivity index (χ1v) is 6.23. The van der Waals surface area contributed by atoms with Crippen LogP contribution in [0.3, 0.4) is 0 Å². The van der Waals surface area contributed by atoms with Crippen LogP contribution >= 0.6 is 11.8 Å². The average Bonchev–Trinajstić information content (AvgIpc) is 2.70. The van der Waals surface area contributed by atoms with Gasteiger partial charge in [-0.15, -0.1) is 0 Å². The number of hydrogen-bond donors (Lipinski definition) is 1. The normalized spacial score (nSPS) is 10.8. The Labute approximate surface area is 104 Å². The minimum atomic E-state index is -0.193. The van der Waals surface area contributed by atoms with E-state index in [1.807, 2.05) is 19.1 Å². The maximum absolute atomic E-state index is 13.7. The average molecular weight is 251 g/mol. The standard InChI is InChI=1S/C13H14FNOS/c1-9-12(6-8-16-9)17-13-4-2-3-11(14)10(13)5-7-15/h2-4,6,8H,5,7,15H2,1H3. The summed E-state index contributed by atoms with van der Waals surface area (Å²) in [6.07, 6.45) is 2.19. The van der Waals surface area contributed by atoms with Crippen LogP contribution in [-0.4, -0.2) is 6.54 Å². The van der Waals surface area contributed by atoms with Gasteiger partial charge in [0.2, 0.25) is 0 Å². The molecule has 90 valence electrons. The van der Waals surface area contributed by atoms with Crippen LogP contribution < -0.4 is 5.73 Å². The zero-order chi connectivity index (χ0) is 12.3. The first-order chi connectivity index (χ1) is 8.22. The smallest absolute Gasteiger partial charge is 0.127 e. The summed E-state index contributed by atoms with van der Waals surface area (Å²) in [6, 6.07) is 6.98. The molecule has 0 saturated carbocycles. The van der Waals surface area contributed by atoms with Crippen LogP contribution in [0.4, 0.5) is 4.39 Å². The fraction of sp³-hybridized carbons (Fsp3) is 0.231. The fourth-order valence-corrected chi connectivity index (χ4v) is 2.64. The molecule has 0 amide bonds. The SMILES string of the molecule is Cc1occc1Sc1cccc(F)c1CCN. The van der Waals surface area contributed by atoms with Gasteiger partial charge in [0.1, 0.15) is 11.6 Å². The molecule has 0 aliphatic rings. The Kier molecular flexibility index (Phi) is 3.86. The van der Waals surface area contributed by atoms with E-state index in [1.165, 1.54) is 17.8 Å². The Morgan fingerprint density at radius 3 is 2.76 bits per heavy atom. The summed E-state index contributed by atoms with van der Waals surface area (Å²) in [7, 11) is 0. The fourth-order valence-electron chi connectivity index (χ4n) is 1.62. The summed E-state index contributed by atoms with van der Waals surface area (Å²) < 4.78 is 18.9. The van der Waals surface area contributed by atoms with Crippen LogP contribution in [0.25, 0.3) is 0 Å². The highest BCUT2D eigenvalue weighted by molar-refractivity contribution is 7.99. The minimum Gasteiger partial charge on any atom is -0.468 e. The molecule has 1 aromatic heterocycles. The van der Waals surface area contributed by atoms with Gasteiger partial charge in [-0.2, -0.15) is 0 Å². The summed E-state index contributed by atoms with van der Waals surface area (Å²) in [5.41, 5.74) is 6.19. The summed E-state index contributed by atoms with van der Waals surface area (Å²) in [4.78, 5) is 1.91. The molecule has 0 atom stereocenters. The van der Waals surface area contributed by atoms with Gasteiger partial charge in [-0.25, -0.2) is 4.39 Å². The van der Waals surface area contributed by atoms with Crippen LogP contribution in [0.5, 0.6) is 0 Å². The molecule has 0 saturated heterocycles. The Morgan fingerprint density at radius 2 is 2.12 bits per heavy atom. The maximum atomic E-state index is 13.7. The third kappa shape index (κ3) is 2.70. The van der Waals surface area contributed by atoms with Crippen molar-refractivity contribution >= 4 is 11.8 Å². The largest absolute Gasteiger partial charge is 0.468 e. The molecule has 0 aliphatic heterocycles. The van der Waals surface area contributed by atoms with Gasteiger partial charge in [0.25, 0.3) is 0 Å². The van der Waals surface area contributed by atoms with Crippen LogP contribution in [0.2, 0.25) is 0 Å². The molecule has 0 radical (unpaired) electrons. The van der Waals surface area contributed by atoms with Gasteiger partial charge < -0.3 is 10.2 Å². The molecule has 2 N–H and O–H groups in total. The lowest BCUT2D eigenvalue weighted by atomic mass is 10.1. The van der Waals surface area contributed by atoms with Gasteiger partial charge in [-0.3, -0.25) is 0 Å². The number of furan rings is 1. The molecule has 0 spiro atoms. The van der Waals surface area contributed by atoms with E-state index in [2.05, 4.69) is 0 Å². The third-order valence-electron chi connectivity index (χ3n) is 2.50. The van der Waals surface area contributed by atoms with E-state index in [9.17, 15) is 4.39 Å². The molecular weight excluding hydrogens is 237 g/mol. The van der Waals surface area contributed by atoms with Crippen molar-refractivity contribution in [2.24, 2.45) is 5.73 Å². The van der Waals surface area contributed by atoms with E-state index < -0.39 is 0 Å². The molecule has 17 heavy (non-hydrogen) atoms. The summed E-state index contributed by atoms with van der Waals surface area (Å²) in [6.45, 7) is 2.34. The van der Waals surface area contributed by atoms with E-state index >= 15 is 0 Å². The maximum Gasteiger partial charge on any atom is 0.127 e. The van der Waals surface area contributed by atoms with Gasteiger partial charge in [-0.1, -0.05) is 17.8 Å². The second-order valence-corrected chi connectivity index (χ2v) is 4.78. The first kappa shape index (κ1) is 12.2. The van der Waals surface area contributed by atoms with Gasteiger partial charge in [0.15, 0.2) is 0 Å². The van der Waals surface area contributed by atoms with Crippen molar-refractivity contribution in [2.75, 3.05) is 6.54 Å². The lowest BCUT2D eigenvalue weighted by Gasteiger charge is -2.08. The lowest BCUT2D eigenvalue weighted by Crippen LogP contribution is -2.05. The Hall–Kier alpha value is -1.26. The predicted molar refractivity (Wildman–Crippen MR) is 66.7 cm³/mol. The van der Waals surface area contributed by atoms with Crippen molar-refractivity contribution < 1.29 is 8.81 Å². The van der Waals surface area contributed by atoms with Crippen molar-refractivity contribution in [1.29, 1.82) is 0 Å². The topological polar surface area (TPSA) is 39.2 Å². The highest BCUT2D eigenvalue weighted by Gasteiger charge is 2.11. The lowest BCUT2D eigenvalue weighted by molar-refractivity contribution is 0.527. The number of rotatable bonds is 4. The molecule has 0 unspecified atom stereocenters. The van der Waals surface area contributed by atoms with Crippen molar-refractivity contribution in [3.05, 3.63) is 47.7 Å². The van der Waals surface area contributed by atoms with Gasteiger partial charge >= 0.3 is 0 Å². The Bertz CT molecular complexity index is 510. The number of aryl methyl sites for hydroxylation is 1. The number of halogens is 1. The zero-order valence-corrected chi connectivity index (χ0v) is 10.4. The molecule has 0 fully saturated rings. The Morgan fingerprint density at radius 1 is 1.29 bits per heavy atom. The zero-order valence-electron chi connectivity index (χ0n) is 9.57. The van der Waals surface area contributed by atoms with Crippen LogP contribution in [0, 0.1) is 12.7 Å². The second kappa shape index (κ2) is 5.38. The van der Waals surface area contributed by atoms with Gasteiger partial charge in [-0.05, 0) is 38.1 Å². The Balaban J connectivity index is 2.32. The molecule has 0 aliphatic carbocycles. The predicted octanol–water partition coefficient (Wildman–Crippen LogP) is 3.38. The van der Waals surface area contributed by atoms with Crippen molar-refractivity contribution in [1.82, 2.24) is 0 Å². The quantitative estimate of drug-likeness (QED) is 0.905. The molecule has 1 heterocycles. The van der Waals surface area contributed by atoms with Crippen LogP contribution in [0.1, 0.15) is 11.3 Å². The second-order valence-electron chi connectivity index (χ2n) is 3.70. The molecule has 0 bridgehead atoms. The number of hydrogen-bond acceptors (Lipinski definition) is 3. The van der Waals surface area contributed by atoms with Crippen molar-refractivity contribution in [3.63, 3.8) is 0 Å². The third-order valence-corrected chi connectivity index (χ3v) is 3.75. The summed E-state index contributed by atoms with van der Waals surface area (Å²) >= 11 is 1.51. The molecular formula is C13H14FNOS. The molecule has 2 nitrogen and oxygen atoms in total. The van der Waals surface area contributed by atoms with E-state index in [0.717, 1.165) is 15.6 Å². The highest BCUT2D eigenvalue weighted by Crippen LogP contribution is 2.34. The van der Waals surface area contributed by atoms with Crippen LogP contribution in [0.15, 0.2) is 44.7 Å². The van der Waals surface area contributed by atoms with Crippen molar-refractivity contribution in [2.45, 2.75) is 23.1 Å². The first-order valence-electron chi connectivity index (χ1n) is 5.41. The molecule has 2 rings (SSSR count). The van der Waals surface area contributed by atoms with Gasteiger partial charge in [0.05, 0.1) is 11.2 Å². The summed E-state index contributed by atoms with van der Waals surface area (Å²) in [5, 5.41) is 0. The highest BCUT2D eigenvalue weighted by atomic mass is 32.2. The van der Waals surface area contributed by atoms with E-state index in [-0.39, 0.29) is 5.82 Å². The number of benzene rings is 1. The summed E-state index contributed by atoms with van der Waals surface area (Å²) in [5.74, 6) is 0.652. The number of nitrogens with two attached hydrogens (primary N) is 1. The van der Waals surface area contributed by atoms with E-state index in [1.54, 1.807) is 12.3 Å². The van der Waals surface area contributed by atoms with Gasteiger partial charge in [0, 0.05) is 10.5 Å². The molecule has 1 aromatic carbocycles. The van der Waals surface area contributed by atoms with Crippen LogP contribution in [-0.2, 0) is 6.42 Å². The van der Waals surface area contributed by atoms with Crippen molar-refractivity contribution in [3.8, 4) is 0 Å².